The summed E-state index contributed by atoms with van der Waals surface area (Å²) in [6.45, 7) is 1.81. The Hall–Kier alpha value is -1.90. The van der Waals surface area contributed by atoms with Crippen LogP contribution in [-0.2, 0) is 4.79 Å². The monoisotopic (exact) mass is 221 g/mol. The van der Waals surface area contributed by atoms with Crippen LogP contribution in [0.1, 0.15) is 44.5 Å². The highest BCUT2D eigenvalue weighted by atomic mass is 16.1. The zero-order valence-electron chi connectivity index (χ0n) is 9.23. The van der Waals surface area contributed by atoms with Crippen LogP contribution in [0.2, 0.25) is 0 Å². The topological polar surface area (TPSA) is 83.6 Å². The molecule has 0 aromatic carbocycles. The van der Waals surface area contributed by atoms with Crippen molar-refractivity contribution < 1.29 is 4.79 Å². The van der Waals surface area contributed by atoms with Crippen molar-refractivity contribution in [2.45, 2.75) is 38.6 Å². The van der Waals surface area contributed by atoms with E-state index >= 15 is 0 Å². The molecule has 86 valence electrons. The van der Waals surface area contributed by atoms with Gasteiger partial charge < -0.3 is 5.32 Å². The Morgan fingerprint density at radius 2 is 2.44 bits per heavy atom. The number of amides is 1. The van der Waals surface area contributed by atoms with Crippen LogP contribution in [0.25, 0.3) is 0 Å². The Bertz CT molecular complexity index is 354. The Kier molecular flexibility index (Phi) is 4.99. The first-order valence-corrected chi connectivity index (χ1v) is 5.20. The first-order chi connectivity index (χ1) is 7.74. The molecule has 1 heterocycles. The van der Waals surface area contributed by atoms with E-state index in [-0.39, 0.29) is 11.9 Å². The Balaban J connectivity index is 2.22. The second kappa shape index (κ2) is 6.56. The first kappa shape index (κ1) is 12.2. The van der Waals surface area contributed by atoms with Crippen LogP contribution in [0, 0.1) is 12.3 Å². The summed E-state index contributed by atoms with van der Waals surface area (Å²) in [5.41, 5.74) is 0. The minimum atomic E-state index is -0.223. The molecule has 0 aliphatic carbocycles. The van der Waals surface area contributed by atoms with Gasteiger partial charge in [-0.2, -0.15) is 5.21 Å². The Morgan fingerprint density at radius 3 is 3.06 bits per heavy atom. The summed E-state index contributed by atoms with van der Waals surface area (Å²) < 4.78 is 0. The van der Waals surface area contributed by atoms with E-state index in [9.17, 15) is 4.79 Å². The molecule has 1 amide bonds. The molecular weight excluding hydrogens is 206 g/mol. The SMILES string of the molecule is C#CCCCCC(=O)NC(C)c1nn[nH]n1. The third-order valence-electron chi connectivity index (χ3n) is 2.10. The van der Waals surface area contributed by atoms with E-state index in [0.717, 1.165) is 12.8 Å². The van der Waals surface area contributed by atoms with E-state index in [1.807, 2.05) is 6.92 Å². The fourth-order valence-corrected chi connectivity index (χ4v) is 1.24. The van der Waals surface area contributed by atoms with E-state index in [1.54, 1.807) is 0 Å². The van der Waals surface area contributed by atoms with Gasteiger partial charge in [-0.25, -0.2) is 0 Å². The highest BCUT2D eigenvalue weighted by molar-refractivity contribution is 5.76. The van der Waals surface area contributed by atoms with Crippen molar-refractivity contribution in [2.24, 2.45) is 0 Å². The Labute approximate surface area is 94.2 Å². The van der Waals surface area contributed by atoms with Crippen molar-refractivity contribution in [1.29, 1.82) is 0 Å². The molecule has 0 aliphatic rings. The molecule has 1 unspecified atom stereocenters. The molecule has 1 atom stereocenters. The van der Waals surface area contributed by atoms with Gasteiger partial charge in [-0.3, -0.25) is 4.79 Å². The van der Waals surface area contributed by atoms with Gasteiger partial charge in [0.05, 0.1) is 6.04 Å². The van der Waals surface area contributed by atoms with Gasteiger partial charge in [-0.1, -0.05) is 5.21 Å². The molecule has 0 saturated carbocycles. The molecular formula is C10H15N5O. The smallest absolute Gasteiger partial charge is 0.220 e. The zero-order valence-corrected chi connectivity index (χ0v) is 9.23. The maximum Gasteiger partial charge on any atom is 0.220 e. The van der Waals surface area contributed by atoms with Crippen LogP contribution in [0.15, 0.2) is 0 Å². The average molecular weight is 221 g/mol. The highest BCUT2D eigenvalue weighted by Gasteiger charge is 2.12. The number of aromatic nitrogens is 4. The lowest BCUT2D eigenvalue weighted by Gasteiger charge is -2.09. The lowest BCUT2D eigenvalue weighted by Crippen LogP contribution is -2.27. The van der Waals surface area contributed by atoms with Gasteiger partial charge in [0.2, 0.25) is 5.91 Å². The highest BCUT2D eigenvalue weighted by Crippen LogP contribution is 2.05. The third-order valence-corrected chi connectivity index (χ3v) is 2.10. The summed E-state index contributed by atoms with van der Waals surface area (Å²) in [4.78, 5) is 11.5. The normalized spacial score (nSPS) is 11.8. The van der Waals surface area contributed by atoms with E-state index in [4.69, 9.17) is 6.42 Å². The largest absolute Gasteiger partial charge is 0.346 e. The first-order valence-electron chi connectivity index (χ1n) is 5.20. The Morgan fingerprint density at radius 1 is 1.62 bits per heavy atom. The maximum absolute atomic E-state index is 11.5. The van der Waals surface area contributed by atoms with Gasteiger partial charge in [-0.05, 0) is 19.8 Å². The molecule has 1 aromatic rings. The van der Waals surface area contributed by atoms with Crippen LogP contribution in [-0.4, -0.2) is 26.5 Å². The number of H-pyrrole nitrogens is 1. The van der Waals surface area contributed by atoms with Gasteiger partial charge in [-0.15, -0.1) is 22.5 Å². The van der Waals surface area contributed by atoms with Crippen LogP contribution < -0.4 is 5.32 Å². The number of nitrogens with zero attached hydrogens (tertiary/aromatic N) is 3. The van der Waals surface area contributed by atoms with Crippen molar-refractivity contribution in [3.63, 3.8) is 0 Å². The zero-order chi connectivity index (χ0) is 11.8. The molecule has 0 aliphatic heterocycles. The van der Waals surface area contributed by atoms with E-state index in [1.165, 1.54) is 0 Å². The van der Waals surface area contributed by atoms with Gasteiger partial charge in [0.15, 0.2) is 5.82 Å². The predicted molar refractivity (Wildman–Crippen MR) is 58.0 cm³/mol. The van der Waals surface area contributed by atoms with Crippen LogP contribution >= 0.6 is 0 Å². The molecule has 6 heteroatoms. The average Bonchev–Trinajstić information content (AvgIpc) is 2.77. The van der Waals surface area contributed by atoms with Crippen LogP contribution in [0.4, 0.5) is 0 Å². The second-order valence-electron chi connectivity index (χ2n) is 3.47. The number of tetrazole rings is 1. The van der Waals surface area contributed by atoms with E-state index in [2.05, 4.69) is 31.9 Å². The quantitative estimate of drug-likeness (QED) is 0.543. The lowest BCUT2D eigenvalue weighted by atomic mass is 10.2. The standard InChI is InChI=1S/C10H15N5O/c1-3-4-5-6-7-9(16)11-8(2)10-12-14-15-13-10/h1,8H,4-7H2,2H3,(H,11,16)(H,12,13,14,15). The fourth-order valence-electron chi connectivity index (χ4n) is 1.24. The number of nitrogens with one attached hydrogen (secondary N) is 2. The van der Waals surface area contributed by atoms with Gasteiger partial charge >= 0.3 is 0 Å². The summed E-state index contributed by atoms with van der Waals surface area (Å²) >= 11 is 0. The van der Waals surface area contributed by atoms with Crippen molar-refractivity contribution in [2.75, 3.05) is 0 Å². The molecule has 16 heavy (non-hydrogen) atoms. The van der Waals surface area contributed by atoms with Gasteiger partial charge in [0.25, 0.3) is 0 Å². The summed E-state index contributed by atoms with van der Waals surface area (Å²) in [5.74, 6) is 3.00. The number of carbonyl (C=O) groups excluding carboxylic acids is 1. The minimum Gasteiger partial charge on any atom is -0.346 e. The molecule has 1 aromatic heterocycles. The van der Waals surface area contributed by atoms with Gasteiger partial charge in [0.1, 0.15) is 0 Å². The number of carbonyl (C=O) groups is 1. The summed E-state index contributed by atoms with van der Waals surface area (Å²) in [5, 5.41) is 16.1. The van der Waals surface area contributed by atoms with Crippen molar-refractivity contribution in [1.82, 2.24) is 25.9 Å². The van der Waals surface area contributed by atoms with Crippen molar-refractivity contribution in [3.8, 4) is 12.3 Å². The molecule has 0 saturated heterocycles. The molecule has 1 rings (SSSR count). The molecule has 0 bridgehead atoms. The van der Waals surface area contributed by atoms with E-state index < -0.39 is 0 Å². The fraction of sp³-hybridized carbons (Fsp3) is 0.600. The lowest BCUT2D eigenvalue weighted by molar-refractivity contribution is -0.121. The second-order valence-corrected chi connectivity index (χ2v) is 3.47. The van der Waals surface area contributed by atoms with Gasteiger partial charge in [0, 0.05) is 12.8 Å². The molecule has 0 radical (unpaired) electrons. The van der Waals surface area contributed by atoms with Crippen molar-refractivity contribution in [3.05, 3.63) is 5.82 Å². The number of unbranched alkanes of at least 4 members (excludes halogenated alkanes) is 2. The minimum absolute atomic E-state index is 0.0191. The summed E-state index contributed by atoms with van der Waals surface area (Å²) in [6, 6.07) is -0.223. The van der Waals surface area contributed by atoms with Crippen LogP contribution in [0.5, 0.6) is 0 Å². The number of rotatable bonds is 6. The summed E-state index contributed by atoms with van der Waals surface area (Å²) in [7, 11) is 0. The van der Waals surface area contributed by atoms with Crippen molar-refractivity contribution >= 4 is 5.91 Å². The molecule has 6 nitrogen and oxygen atoms in total. The number of hydrogen-bond acceptors (Lipinski definition) is 4. The summed E-state index contributed by atoms with van der Waals surface area (Å²) in [6.07, 6.45) is 7.98. The molecule has 0 spiro atoms. The van der Waals surface area contributed by atoms with Crippen LogP contribution in [0.3, 0.4) is 0 Å². The van der Waals surface area contributed by atoms with E-state index in [0.29, 0.717) is 18.7 Å². The number of aromatic amines is 1. The maximum atomic E-state index is 11.5. The molecule has 0 fully saturated rings. The number of terminal acetylenes is 1. The third kappa shape index (κ3) is 4.09. The molecule has 2 N–H and O–H groups in total. The predicted octanol–water partition coefficient (Wildman–Crippen LogP) is 0.570. The number of hydrogen-bond donors (Lipinski definition) is 2.